The van der Waals surface area contributed by atoms with E-state index in [9.17, 15) is 4.79 Å². The molecule has 0 fully saturated rings. The number of rotatable bonds is 1. The summed E-state index contributed by atoms with van der Waals surface area (Å²) < 4.78 is 7.12. The van der Waals surface area contributed by atoms with E-state index >= 15 is 0 Å². The van der Waals surface area contributed by atoms with Gasteiger partial charge in [0.25, 0.3) is 0 Å². The molecule has 0 aromatic heterocycles. The van der Waals surface area contributed by atoms with Crippen LogP contribution in [0.4, 0.5) is 0 Å². The topological polar surface area (TPSA) is 26.3 Å². The Balaban J connectivity index is 3.13. The Morgan fingerprint density at radius 3 is 2.08 bits per heavy atom. The molecule has 0 saturated carbocycles. The molecule has 0 unspecified atom stereocenters. The molecule has 69 valence electrons. The quantitative estimate of drug-likeness (QED) is 0.555. The summed E-state index contributed by atoms with van der Waals surface area (Å²) in [6, 6.07) is 3.56. The summed E-state index contributed by atoms with van der Waals surface area (Å²) in [5, 5.41) is 0. The van der Waals surface area contributed by atoms with Crippen LogP contribution in [0.5, 0.6) is 5.75 Å². The first-order valence-electron chi connectivity index (χ1n) is 3.19. The summed E-state index contributed by atoms with van der Waals surface area (Å²) in [5.74, 6) is -0.160. The fourth-order valence-electron chi connectivity index (χ4n) is 0.740. The van der Waals surface area contributed by atoms with Crippen LogP contribution in [0.1, 0.15) is 0 Å². The molecule has 0 N–H and O–H groups in total. The molecule has 0 aliphatic rings. The van der Waals surface area contributed by atoms with E-state index in [2.05, 4.69) is 54.7 Å². The Kier molecular flexibility index (Phi) is 3.94. The summed E-state index contributed by atoms with van der Waals surface area (Å²) in [5.41, 5.74) is 0. The Morgan fingerprint density at radius 2 is 1.69 bits per heavy atom. The van der Waals surface area contributed by atoms with E-state index < -0.39 is 5.97 Å². The van der Waals surface area contributed by atoms with Crippen molar-refractivity contribution in [2.45, 2.75) is 0 Å². The van der Waals surface area contributed by atoms with Crippen molar-refractivity contribution < 1.29 is 9.53 Å². The first kappa shape index (κ1) is 11.2. The molecule has 2 nitrogen and oxygen atoms in total. The monoisotopic (exact) mass is 369 g/mol. The molecule has 13 heavy (non-hydrogen) atoms. The molecule has 0 bridgehead atoms. The average Bonchev–Trinajstić information content (AvgIpc) is 1.96. The predicted octanol–water partition coefficient (Wildman–Crippen LogP) is 3.71. The zero-order chi connectivity index (χ0) is 10.0. The molecule has 1 aromatic rings. The Labute approximate surface area is 101 Å². The van der Waals surface area contributed by atoms with Crippen LogP contribution < -0.4 is 4.74 Å². The minimum absolute atomic E-state index is 0.434. The van der Waals surface area contributed by atoms with Crippen LogP contribution in [-0.2, 0) is 4.79 Å². The van der Waals surface area contributed by atoms with Crippen molar-refractivity contribution in [3.8, 4) is 5.75 Å². The smallest absolute Gasteiger partial charge is 0.311 e. The van der Waals surface area contributed by atoms with Crippen molar-refractivity contribution >= 4 is 53.8 Å². The van der Waals surface area contributed by atoms with E-state index in [0.717, 1.165) is 4.47 Å². The van der Waals surface area contributed by atoms with Gasteiger partial charge in [-0.15, -0.1) is 0 Å². The SMILES string of the molecule is [CH2]C(=O)Oc1c(Br)cc(Br)cc1Br. The van der Waals surface area contributed by atoms with Crippen LogP contribution in [0, 0.1) is 6.92 Å². The number of carbonyl (C=O) groups excluding carboxylic acids is 1. The Morgan fingerprint density at radius 1 is 1.23 bits per heavy atom. The van der Waals surface area contributed by atoms with Crippen LogP contribution in [-0.4, -0.2) is 5.97 Å². The van der Waals surface area contributed by atoms with Gasteiger partial charge in [0.1, 0.15) is 0 Å². The lowest BCUT2D eigenvalue weighted by Gasteiger charge is -2.06. The van der Waals surface area contributed by atoms with Gasteiger partial charge in [0.15, 0.2) is 5.75 Å². The number of benzene rings is 1. The van der Waals surface area contributed by atoms with E-state index in [4.69, 9.17) is 4.74 Å². The fraction of sp³-hybridized carbons (Fsp3) is 0. The van der Waals surface area contributed by atoms with E-state index in [1.165, 1.54) is 0 Å². The van der Waals surface area contributed by atoms with Crippen LogP contribution in [0.2, 0.25) is 0 Å². The number of ether oxygens (including phenoxy) is 1. The second-order valence-corrected chi connectivity index (χ2v) is 4.80. The molecule has 0 aliphatic heterocycles. The van der Waals surface area contributed by atoms with Gasteiger partial charge >= 0.3 is 5.97 Å². The van der Waals surface area contributed by atoms with Gasteiger partial charge in [0.2, 0.25) is 0 Å². The average molecular weight is 372 g/mol. The Bertz CT molecular complexity index is 326. The van der Waals surface area contributed by atoms with E-state index in [1.54, 1.807) is 12.1 Å². The minimum Gasteiger partial charge on any atom is -0.424 e. The minimum atomic E-state index is -0.594. The summed E-state index contributed by atoms with van der Waals surface area (Å²) in [6.07, 6.45) is 0. The highest BCUT2D eigenvalue weighted by molar-refractivity contribution is 9.11. The van der Waals surface area contributed by atoms with Gasteiger partial charge in [-0.1, -0.05) is 15.9 Å². The second-order valence-electron chi connectivity index (χ2n) is 2.17. The largest absolute Gasteiger partial charge is 0.424 e. The summed E-state index contributed by atoms with van der Waals surface area (Å²) in [7, 11) is 0. The van der Waals surface area contributed by atoms with Crippen molar-refractivity contribution in [2.24, 2.45) is 0 Å². The lowest BCUT2D eigenvalue weighted by molar-refractivity contribution is -0.129. The van der Waals surface area contributed by atoms with Crippen molar-refractivity contribution in [3.63, 3.8) is 0 Å². The maximum atomic E-state index is 10.6. The normalized spacial score (nSPS) is 9.85. The Hall–Kier alpha value is 0.130. The zero-order valence-electron chi connectivity index (χ0n) is 6.31. The van der Waals surface area contributed by atoms with Crippen molar-refractivity contribution in [3.05, 3.63) is 32.5 Å². The molecule has 0 amide bonds. The van der Waals surface area contributed by atoms with Crippen molar-refractivity contribution in [1.82, 2.24) is 0 Å². The number of halogens is 3. The molecule has 0 aliphatic carbocycles. The number of hydrogen-bond acceptors (Lipinski definition) is 2. The first-order valence-corrected chi connectivity index (χ1v) is 5.57. The van der Waals surface area contributed by atoms with Gasteiger partial charge in [0, 0.05) is 4.47 Å². The predicted molar refractivity (Wildman–Crippen MR) is 60.5 cm³/mol. The highest BCUT2D eigenvalue weighted by atomic mass is 79.9. The van der Waals surface area contributed by atoms with Gasteiger partial charge < -0.3 is 4.74 Å². The van der Waals surface area contributed by atoms with Crippen molar-refractivity contribution in [2.75, 3.05) is 0 Å². The third-order valence-corrected chi connectivity index (χ3v) is 2.81. The van der Waals surface area contributed by atoms with Gasteiger partial charge in [0.05, 0.1) is 15.9 Å². The van der Waals surface area contributed by atoms with Crippen molar-refractivity contribution in [1.29, 1.82) is 0 Å². The van der Waals surface area contributed by atoms with Gasteiger partial charge in [-0.25, -0.2) is 0 Å². The fourth-order valence-corrected chi connectivity index (χ4v) is 3.16. The molecular formula is C8H4Br3O2. The van der Waals surface area contributed by atoms with Gasteiger partial charge in [-0.3, -0.25) is 4.79 Å². The standard InChI is InChI=1S/C8H4Br3O2/c1-4(12)13-8-6(10)2-5(9)3-7(8)11/h2-3H,1H2. The van der Waals surface area contributed by atoms with Gasteiger partial charge in [-0.2, -0.15) is 0 Å². The molecule has 1 radical (unpaired) electrons. The lowest BCUT2D eigenvalue weighted by Crippen LogP contribution is -2.02. The molecule has 0 spiro atoms. The van der Waals surface area contributed by atoms with Crippen LogP contribution in [0.3, 0.4) is 0 Å². The summed E-state index contributed by atoms with van der Waals surface area (Å²) in [6.45, 7) is 3.12. The number of carbonyl (C=O) groups is 1. The third-order valence-electron chi connectivity index (χ3n) is 1.18. The lowest BCUT2D eigenvalue weighted by atomic mass is 10.3. The molecule has 1 rings (SSSR count). The summed E-state index contributed by atoms with van der Waals surface area (Å²) >= 11 is 9.82. The van der Waals surface area contributed by atoms with Crippen LogP contribution in [0.15, 0.2) is 25.6 Å². The van der Waals surface area contributed by atoms with E-state index in [-0.39, 0.29) is 0 Å². The molecule has 1 aromatic carbocycles. The first-order chi connectivity index (χ1) is 6.00. The molecule has 0 heterocycles. The maximum absolute atomic E-state index is 10.6. The summed E-state index contributed by atoms with van der Waals surface area (Å²) in [4.78, 5) is 10.6. The van der Waals surface area contributed by atoms with Gasteiger partial charge in [-0.05, 0) is 44.0 Å². The highest BCUT2D eigenvalue weighted by Gasteiger charge is 2.09. The van der Waals surface area contributed by atoms with Crippen LogP contribution in [0.25, 0.3) is 0 Å². The van der Waals surface area contributed by atoms with E-state index in [1.807, 2.05) is 0 Å². The number of hydrogen-bond donors (Lipinski definition) is 0. The highest BCUT2D eigenvalue weighted by Crippen LogP contribution is 2.36. The zero-order valence-corrected chi connectivity index (χ0v) is 11.1. The van der Waals surface area contributed by atoms with Crippen LogP contribution >= 0.6 is 47.8 Å². The molecular weight excluding hydrogens is 368 g/mol. The number of esters is 1. The molecule has 5 heteroatoms. The third kappa shape index (κ3) is 3.07. The molecule has 0 atom stereocenters. The second kappa shape index (κ2) is 4.57. The molecule has 0 saturated heterocycles. The van der Waals surface area contributed by atoms with E-state index in [0.29, 0.717) is 14.7 Å². The maximum Gasteiger partial charge on any atom is 0.311 e.